The Hall–Kier alpha value is -2.93. The monoisotopic (exact) mass is 398 g/mol. The number of fused-ring (bicyclic) bond motifs is 2. The number of aliphatic hydroxyl groups is 1. The number of β-amino-alcohol motifs (C(OH)–C–C–N with tert-alkyl or cyclic N) is 1. The smallest absolute Gasteiger partial charge is 0.325 e. The normalized spacial score (nSPS) is 22.2. The zero-order valence-electron chi connectivity index (χ0n) is 15.9. The van der Waals surface area contributed by atoms with Gasteiger partial charge < -0.3 is 15.2 Å². The van der Waals surface area contributed by atoms with Crippen molar-refractivity contribution in [3.05, 3.63) is 65.5 Å². The molecule has 1 saturated heterocycles. The Morgan fingerprint density at radius 3 is 2.72 bits per heavy atom. The number of nitrogens with zero attached hydrogens (tertiary/aromatic N) is 1. The van der Waals surface area contributed by atoms with Crippen LogP contribution < -0.4 is 10.1 Å². The summed E-state index contributed by atoms with van der Waals surface area (Å²) < 4.78 is 18.9. The molecule has 7 heteroatoms. The largest absolute Gasteiger partial charge is 0.488 e. The molecule has 0 bridgehead atoms. The average molecular weight is 398 g/mol. The third kappa shape index (κ3) is 3.58. The molecule has 1 spiro atoms. The van der Waals surface area contributed by atoms with E-state index in [9.17, 15) is 19.1 Å². The first-order valence-corrected chi connectivity index (χ1v) is 9.79. The minimum absolute atomic E-state index is 0.0120. The molecule has 1 fully saturated rings. The summed E-state index contributed by atoms with van der Waals surface area (Å²) in [5.74, 6) is -0.886. The standard InChI is InChI=1S/C22H23FN2O4/c23-18-10-3-4-11-19(18)29-14-16(26)13-25-20(27)22(24-21(25)28)12-6-5-8-15-7-1-2-9-17(15)22/h1-4,7,9-11,16,26H,5-6,8,12-14H2,(H,24,28). The number of rotatable bonds is 5. The fourth-order valence-electron chi connectivity index (χ4n) is 4.15. The van der Waals surface area contributed by atoms with Crippen LogP contribution in [0.1, 0.15) is 30.4 Å². The Balaban J connectivity index is 1.49. The second-order valence-corrected chi connectivity index (χ2v) is 7.51. The highest BCUT2D eigenvalue weighted by Crippen LogP contribution is 2.39. The Labute approximate surface area is 168 Å². The molecule has 1 aliphatic carbocycles. The number of aryl methyl sites for hydroxylation is 1. The molecule has 29 heavy (non-hydrogen) atoms. The maximum atomic E-state index is 13.7. The van der Waals surface area contributed by atoms with E-state index in [1.165, 1.54) is 18.2 Å². The predicted octanol–water partition coefficient (Wildman–Crippen LogP) is 2.74. The molecular formula is C22H23FN2O4. The van der Waals surface area contributed by atoms with Crippen LogP contribution in [0.5, 0.6) is 5.75 Å². The molecule has 2 aromatic carbocycles. The van der Waals surface area contributed by atoms with Crippen molar-refractivity contribution < 1.29 is 23.8 Å². The van der Waals surface area contributed by atoms with Crippen molar-refractivity contribution in [1.82, 2.24) is 10.2 Å². The van der Waals surface area contributed by atoms with E-state index in [1.54, 1.807) is 6.07 Å². The summed E-state index contributed by atoms with van der Waals surface area (Å²) in [5, 5.41) is 13.2. The Morgan fingerprint density at radius 1 is 1.14 bits per heavy atom. The number of imide groups is 1. The van der Waals surface area contributed by atoms with Gasteiger partial charge in [-0.3, -0.25) is 9.69 Å². The van der Waals surface area contributed by atoms with Crippen molar-refractivity contribution in [2.75, 3.05) is 13.2 Å². The minimum atomic E-state index is -1.14. The quantitative estimate of drug-likeness (QED) is 0.759. The van der Waals surface area contributed by atoms with Crippen molar-refractivity contribution in [2.24, 2.45) is 0 Å². The van der Waals surface area contributed by atoms with Gasteiger partial charge in [0.25, 0.3) is 5.91 Å². The van der Waals surface area contributed by atoms with Crippen LogP contribution in [0.3, 0.4) is 0 Å². The molecule has 2 atom stereocenters. The van der Waals surface area contributed by atoms with E-state index in [0.717, 1.165) is 35.3 Å². The first kappa shape index (κ1) is 19.4. The first-order valence-electron chi connectivity index (χ1n) is 9.79. The van der Waals surface area contributed by atoms with Crippen LogP contribution in [0.4, 0.5) is 9.18 Å². The van der Waals surface area contributed by atoms with Crippen LogP contribution in [0, 0.1) is 5.82 Å². The highest BCUT2D eigenvalue weighted by atomic mass is 19.1. The second kappa shape index (κ2) is 7.83. The Morgan fingerprint density at radius 2 is 1.90 bits per heavy atom. The number of aliphatic hydroxyl groups excluding tert-OH is 1. The highest BCUT2D eigenvalue weighted by molar-refractivity contribution is 6.07. The van der Waals surface area contributed by atoms with E-state index >= 15 is 0 Å². The van der Waals surface area contributed by atoms with E-state index in [-0.39, 0.29) is 24.8 Å². The van der Waals surface area contributed by atoms with Crippen LogP contribution in [-0.4, -0.2) is 41.2 Å². The topological polar surface area (TPSA) is 78.9 Å². The Bertz CT molecular complexity index is 935. The van der Waals surface area contributed by atoms with E-state index in [4.69, 9.17) is 4.74 Å². The zero-order valence-corrected chi connectivity index (χ0v) is 15.9. The van der Waals surface area contributed by atoms with E-state index < -0.39 is 23.5 Å². The summed E-state index contributed by atoms with van der Waals surface area (Å²) in [6, 6.07) is 13.0. The number of carbonyl (C=O) groups excluding carboxylic acids is 2. The van der Waals surface area contributed by atoms with Crippen LogP contribution in [0.15, 0.2) is 48.5 Å². The van der Waals surface area contributed by atoms with Gasteiger partial charge in [0.05, 0.1) is 6.54 Å². The van der Waals surface area contributed by atoms with Crippen molar-refractivity contribution in [3.8, 4) is 5.75 Å². The molecule has 4 rings (SSSR count). The lowest BCUT2D eigenvalue weighted by Crippen LogP contribution is -2.45. The van der Waals surface area contributed by atoms with Gasteiger partial charge in [0.1, 0.15) is 18.2 Å². The molecule has 2 unspecified atom stereocenters. The van der Waals surface area contributed by atoms with Crippen molar-refractivity contribution >= 4 is 11.9 Å². The van der Waals surface area contributed by atoms with E-state index in [1.807, 2.05) is 24.3 Å². The molecule has 0 saturated carbocycles. The van der Waals surface area contributed by atoms with Crippen LogP contribution in [0.25, 0.3) is 0 Å². The number of ether oxygens (including phenoxy) is 1. The van der Waals surface area contributed by atoms with Gasteiger partial charge in [-0.25, -0.2) is 9.18 Å². The summed E-state index contributed by atoms with van der Waals surface area (Å²) in [6.45, 7) is -0.454. The number of amides is 3. The number of carbonyl (C=O) groups is 2. The number of para-hydroxylation sites is 1. The molecule has 1 heterocycles. The third-order valence-corrected chi connectivity index (χ3v) is 5.56. The van der Waals surface area contributed by atoms with Gasteiger partial charge in [-0.15, -0.1) is 0 Å². The second-order valence-electron chi connectivity index (χ2n) is 7.51. The van der Waals surface area contributed by atoms with E-state index in [2.05, 4.69) is 5.32 Å². The first-order chi connectivity index (χ1) is 14.0. The van der Waals surface area contributed by atoms with Crippen molar-refractivity contribution in [2.45, 2.75) is 37.3 Å². The van der Waals surface area contributed by atoms with Gasteiger partial charge >= 0.3 is 6.03 Å². The van der Waals surface area contributed by atoms with E-state index in [0.29, 0.717) is 6.42 Å². The number of hydrogen-bond donors (Lipinski definition) is 2. The average Bonchev–Trinajstić information content (AvgIpc) is 2.86. The zero-order chi connectivity index (χ0) is 20.4. The molecule has 3 amide bonds. The van der Waals surface area contributed by atoms with Gasteiger partial charge in [0, 0.05) is 0 Å². The Kier molecular flexibility index (Phi) is 5.24. The fraction of sp³-hybridized carbons (Fsp3) is 0.364. The lowest BCUT2D eigenvalue weighted by Gasteiger charge is -2.27. The number of halogens is 1. The lowest BCUT2D eigenvalue weighted by atomic mass is 9.84. The summed E-state index contributed by atoms with van der Waals surface area (Å²) in [7, 11) is 0. The number of urea groups is 1. The molecule has 1 aliphatic heterocycles. The number of nitrogens with one attached hydrogen (secondary N) is 1. The highest BCUT2D eigenvalue weighted by Gasteiger charge is 2.53. The molecule has 2 N–H and O–H groups in total. The van der Waals surface area contributed by atoms with Gasteiger partial charge in [0.2, 0.25) is 0 Å². The summed E-state index contributed by atoms with van der Waals surface area (Å²) in [5.41, 5.74) is 0.801. The van der Waals surface area contributed by atoms with Gasteiger partial charge in [-0.2, -0.15) is 0 Å². The number of hydrogen-bond acceptors (Lipinski definition) is 4. The maximum Gasteiger partial charge on any atom is 0.325 e. The van der Waals surface area contributed by atoms with Gasteiger partial charge in [0.15, 0.2) is 11.6 Å². The molecule has 0 aromatic heterocycles. The summed E-state index contributed by atoms with van der Waals surface area (Å²) in [4.78, 5) is 27.0. The van der Waals surface area contributed by atoms with Gasteiger partial charge in [-0.05, 0) is 48.9 Å². The summed E-state index contributed by atoms with van der Waals surface area (Å²) >= 11 is 0. The van der Waals surface area contributed by atoms with Crippen molar-refractivity contribution in [3.63, 3.8) is 0 Å². The summed E-state index contributed by atoms with van der Waals surface area (Å²) in [6.07, 6.45) is 2.00. The molecule has 152 valence electrons. The molecule has 0 radical (unpaired) electrons. The predicted molar refractivity (Wildman–Crippen MR) is 104 cm³/mol. The van der Waals surface area contributed by atoms with Gasteiger partial charge in [-0.1, -0.05) is 36.4 Å². The van der Waals surface area contributed by atoms with Crippen LogP contribution in [-0.2, 0) is 16.8 Å². The lowest BCUT2D eigenvalue weighted by molar-refractivity contribution is -0.133. The fourth-order valence-corrected chi connectivity index (χ4v) is 4.15. The number of benzene rings is 2. The van der Waals surface area contributed by atoms with Crippen LogP contribution in [0.2, 0.25) is 0 Å². The molecule has 2 aromatic rings. The molecule has 2 aliphatic rings. The minimum Gasteiger partial charge on any atom is -0.488 e. The SMILES string of the molecule is O=C1NC2(CCCCc3ccccc32)C(=O)N1CC(O)COc1ccccc1F. The van der Waals surface area contributed by atoms with Crippen molar-refractivity contribution in [1.29, 1.82) is 0 Å². The van der Waals surface area contributed by atoms with Crippen LogP contribution >= 0.6 is 0 Å². The third-order valence-electron chi connectivity index (χ3n) is 5.56. The maximum absolute atomic E-state index is 13.7. The molecule has 6 nitrogen and oxygen atoms in total. The molecular weight excluding hydrogens is 375 g/mol.